The molecule has 3 aromatic heterocycles. The van der Waals surface area contributed by atoms with E-state index in [9.17, 15) is 0 Å². The van der Waals surface area contributed by atoms with Gasteiger partial charge in [0.25, 0.3) is 0 Å². The third-order valence-corrected chi connectivity index (χ3v) is 5.25. The van der Waals surface area contributed by atoms with Crippen LogP contribution in [0.25, 0.3) is 9.40 Å². The zero-order chi connectivity index (χ0) is 12.5. The number of nitrogens with zero attached hydrogens (tertiary/aromatic N) is 3. The van der Waals surface area contributed by atoms with Gasteiger partial charge in [0.15, 0.2) is 0 Å². The molecule has 6 heteroatoms. The lowest BCUT2D eigenvalue weighted by Gasteiger charge is -2.13. The highest BCUT2D eigenvalue weighted by Gasteiger charge is 2.16. The zero-order valence-electron chi connectivity index (χ0n) is 10.3. The van der Waals surface area contributed by atoms with Gasteiger partial charge in [-0.2, -0.15) is 5.10 Å². The molecule has 0 aliphatic carbocycles. The summed E-state index contributed by atoms with van der Waals surface area (Å²) in [6.07, 6.45) is 2.47. The van der Waals surface area contributed by atoms with E-state index < -0.39 is 0 Å². The Morgan fingerprint density at radius 3 is 3.00 bits per heavy atom. The summed E-state index contributed by atoms with van der Waals surface area (Å²) in [5.41, 5.74) is 0. The first-order chi connectivity index (χ1) is 8.78. The minimum Gasteiger partial charge on any atom is -0.312 e. The fourth-order valence-corrected chi connectivity index (χ4v) is 4.22. The number of likely N-dealkylation sites (N-methyl/N-ethyl adjacent to an activating group) is 1. The van der Waals surface area contributed by atoms with E-state index in [1.54, 1.807) is 17.7 Å². The Balaban J connectivity index is 1.88. The van der Waals surface area contributed by atoms with Crippen LogP contribution in [0, 0.1) is 0 Å². The highest BCUT2D eigenvalue weighted by Crippen LogP contribution is 2.34. The number of hydrogen-bond acceptors (Lipinski definition) is 5. The predicted octanol–water partition coefficient (Wildman–Crippen LogP) is 2.59. The molecule has 0 amide bonds. The van der Waals surface area contributed by atoms with E-state index in [1.165, 1.54) is 14.3 Å². The lowest BCUT2D eigenvalue weighted by Crippen LogP contribution is -2.19. The molecular formula is C12H14N4S2. The molecule has 0 spiro atoms. The molecule has 1 N–H and O–H groups in total. The van der Waals surface area contributed by atoms with E-state index in [-0.39, 0.29) is 0 Å². The highest BCUT2D eigenvalue weighted by atomic mass is 32.1. The number of fused-ring (bicyclic) bond motifs is 1. The number of hydrogen-bond donors (Lipinski definition) is 1. The molecule has 0 saturated carbocycles. The molecule has 4 nitrogen and oxygen atoms in total. The predicted molar refractivity (Wildman–Crippen MR) is 76.2 cm³/mol. The summed E-state index contributed by atoms with van der Waals surface area (Å²) in [5, 5.41) is 9.62. The molecule has 0 bridgehead atoms. The van der Waals surface area contributed by atoms with Gasteiger partial charge in [0.1, 0.15) is 12.2 Å². The average molecular weight is 278 g/mol. The first-order valence-electron chi connectivity index (χ1n) is 5.75. The maximum atomic E-state index is 4.29. The molecule has 0 radical (unpaired) electrons. The van der Waals surface area contributed by atoms with E-state index in [4.69, 9.17) is 0 Å². The molecule has 3 aromatic rings. The highest BCUT2D eigenvalue weighted by molar-refractivity contribution is 7.26. The van der Waals surface area contributed by atoms with Gasteiger partial charge >= 0.3 is 0 Å². The average Bonchev–Trinajstić information content (AvgIpc) is 3.01. The molecule has 0 saturated heterocycles. The van der Waals surface area contributed by atoms with Crippen LogP contribution >= 0.6 is 22.7 Å². The number of thiophene rings is 2. The summed E-state index contributed by atoms with van der Waals surface area (Å²) < 4.78 is 4.57. The van der Waals surface area contributed by atoms with Crippen molar-refractivity contribution in [2.45, 2.75) is 12.5 Å². The van der Waals surface area contributed by atoms with Gasteiger partial charge in [-0.1, -0.05) is 0 Å². The topological polar surface area (TPSA) is 42.7 Å². The van der Waals surface area contributed by atoms with Crippen LogP contribution in [0.5, 0.6) is 0 Å². The van der Waals surface area contributed by atoms with Gasteiger partial charge in [0.05, 0.1) is 0 Å². The van der Waals surface area contributed by atoms with Gasteiger partial charge in [0.2, 0.25) is 0 Å². The number of aromatic nitrogens is 3. The SMILES string of the molecule is CNC(Cc1ncnn1C)c1cc2sccc2s1. The van der Waals surface area contributed by atoms with Crippen LogP contribution in [0.4, 0.5) is 0 Å². The van der Waals surface area contributed by atoms with Crippen molar-refractivity contribution < 1.29 is 0 Å². The Morgan fingerprint density at radius 1 is 1.44 bits per heavy atom. The van der Waals surface area contributed by atoms with Crippen molar-refractivity contribution in [1.82, 2.24) is 20.1 Å². The van der Waals surface area contributed by atoms with Crippen molar-refractivity contribution in [2.24, 2.45) is 7.05 Å². The van der Waals surface area contributed by atoms with Gasteiger partial charge in [-0.05, 0) is 24.6 Å². The Morgan fingerprint density at radius 2 is 2.33 bits per heavy atom. The van der Waals surface area contributed by atoms with Gasteiger partial charge in [-0.3, -0.25) is 4.68 Å². The van der Waals surface area contributed by atoms with Crippen molar-refractivity contribution in [1.29, 1.82) is 0 Å². The molecule has 0 aromatic carbocycles. The van der Waals surface area contributed by atoms with Crippen LogP contribution < -0.4 is 5.32 Å². The Bertz CT molecular complexity index is 623. The molecule has 3 heterocycles. The summed E-state index contributed by atoms with van der Waals surface area (Å²) in [4.78, 5) is 5.65. The minimum absolute atomic E-state index is 0.303. The van der Waals surface area contributed by atoms with E-state index in [1.807, 2.05) is 30.1 Å². The van der Waals surface area contributed by atoms with Crippen molar-refractivity contribution >= 4 is 32.1 Å². The number of aryl methyl sites for hydroxylation is 1. The smallest absolute Gasteiger partial charge is 0.138 e. The Hall–Kier alpha value is -1.24. The molecule has 0 fully saturated rings. The summed E-state index contributed by atoms with van der Waals surface area (Å²) >= 11 is 3.65. The van der Waals surface area contributed by atoms with Crippen molar-refractivity contribution in [2.75, 3.05) is 7.05 Å². The number of rotatable bonds is 4. The minimum atomic E-state index is 0.303. The maximum absolute atomic E-state index is 4.29. The van der Waals surface area contributed by atoms with Gasteiger partial charge in [-0.25, -0.2) is 4.98 Å². The summed E-state index contributed by atoms with van der Waals surface area (Å²) in [6.45, 7) is 0. The fraction of sp³-hybridized carbons (Fsp3) is 0.333. The van der Waals surface area contributed by atoms with E-state index in [2.05, 4.69) is 32.9 Å². The van der Waals surface area contributed by atoms with Crippen LogP contribution in [-0.4, -0.2) is 21.8 Å². The molecule has 3 rings (SSSR count). The fourth-order valence-electron chi connectivity index (χ4n) is 1.99. The standard InChI is InChI=1S/C12H14N4S2/c1-13-8(5-12-14-7-15-16(12)2)10-6-11-9(18-10)3-4-17-11/h3-4,6-8,13H,5H2,1-2H3. The summed E-state index contributed by atoms with van der Waals surface area (Å²) in [6, 6.07) is 4.77. The lowest BCUT2D eigenvalue weighted by molar-refractivity contribution is 0.561. The van der Waals surface area contributed by atoms with Crippen LogP contribution in [0.2, 0.25) is 0 Å². The van der Waals surface area contributed by atoms with Crippen molar-refractivity contribution in [3.63, 3.8) is 0 Å². The van der Waals surface area contributed by atoms with E-state index >= 15 is 0 Å². The lowest BCUT2D eigenvalue weighted by atomic mass is 10.1. The first kappa shape index (κ1) is 11.8. The molecule has 0 aliphatic rings. The van der Waals surface area contributed by atoms with Gasteiger partial charge in [-0.15, -0.1) is 22.7 Å². The number of nitrogens with one attached hydrogen (secondary N) is 1. The van der Waals surface area contributed by atoms with Crippen LogP contribution in [-0.2, 0) is 13.5 Å². The van der Waals surface area contributed by atoms with Gasteiger partial charge in [0, 0.05) is 33.8 Å². The molecular weight excluding hydrogens is 264 g/mol. The summed E-state index contributed by atoms with van der Waals surface area (Å²) in [5.74, 6) is 1.01. The van der Waals surface area contributed by atoms with Crippen LogP contribution in [0.15, 0.2) is 23.8 Å². The maximum Gasteiger partial charge on any atom is 0.138 e. The quantitative estimate of drug-likeness (QED) is 0.797. The normalized spacial score (nSPS) is 13.2. The molecule has 1 atom stereocenters. The second-order valence-electron chi connectivity index (χ2n) is 4.14. The Kier molecular flexibility index (Phi) is 3.15. The first-order valence-corrected chi connectivity index (χ1v) is 7.44. The van der Waals surface area contributed by atoms with E-state index in [0.717, 1.165) is 12.2 Å². The second-order valence-corrected chi connectivity index (χ2v) is 6.21. The molecule has 18 heavy (non-hydrogen) atoms. The van der Waals surface area contributed by atoms with Crippen molar-refractivity contribution in [3.05, 3.63) is 34.5 Å². The summed E-state index contributed by atoms with van der Waals surface area (Å²) in [7, 11) is 3.93. The molecule has 94 valence electrons. The largest absolute Gasteiger partial charge is 0.312 e. The molecule has 0 aliphatic heterocycles. The molecule has 1 unspecified atom stereocenters. The monoisotopic (exact) mass is 278 g/mol. The zero-order valence-corrected chi connectivity index (χ0v) is 11.9. The van der Waals surface area contributed by atoms with Gasteiger partial charge < -0.3 is 5.32 Å². The second kappa shape index (κ2) is 4.79. The van der Waals surface area contributed by atoms with Crippen LogP contribution in [0.3, 0.4) is 0 Å². The van der Waals surface area contributed by atoms with Crippen molar-refractivity contribution in [3.8, 4) is 0 Å². The van der Waals surface area contributed by atoms with Crippen LogP contribution in [0.1, 0.15) is 16.7 Å². The van der Waals surface area contributed by atoms with E-state index in [0.29, 0.717) is 6.04 Å². The Labute approximate surface area is 113 Å². The third-order valence-electron chi connectivity index (χ3n) is 3.04. The third kappa shape index (κ3) is 2.07.